The lowest BCUT2D eigenvalue weighted by molar-refractivity contribution is -0.117. The van der Waals surface area contributed by atoms with Gasteiger partial charge in [0.25, 0.3) is 5.91 Å². The average molecular weight is 470 g/mol. The fourth-order valence-corrected chi connectivity index (χ4v) is 3.83. The summed E-state index contributed by atoms with van der Waals surface area (Å²) >= 11 is 4.78. The van der Waals surface area contributed by atoms with Crippen molar-refractivity contribution in [2.45, 2.75) is 13.0 Å². The minimum Gasteiger partial charge on any atom is -0.494 e. The molecule has 1 aliphatic heterocycles. The Morgan fingerprint density at radius 3 is 2.69 bits per heavy atom. The van der Waals surface area contributed by atoms with Crippen molar-refractivity contribution in [2.75, 3.05) is 12.1 Å². The second-order valence-electron chi connectivity index (χ2n) is 6.20. The lowest BCUT2D eigenvalue weighted by atomic mass is 10.2. The molecule has 0 N–H and O–H groups in total. The number of amides is 1. The Bertz CT molecular complexity index is 1110. The summed E-state index contributed by atoms with van der Waals surface area (Å²) in [6, 6.07) is 14.3. The molecule has 0 bridgehead atoms. The van der Waals surface area contributed by atoms with Crippen molar-refractivity contribution < 1.29 is 9.53 Å². The van der Waals surface area contributed by atoms with Gasteiger partial charge < -0.3 is 4.74 Å². The van der Waals surface area contributed by atoms with Gasteiger partial charge in [-0.25, -0.2) is 4.98 Å². The number of hydrogen-bond acceptors (Lipinski definition) is 7. The van der Waals surface area contributed by atoms with Gasteiger partial charge in [0.1, 0.15) is 11.4 Å². The molecule has 7 nitrogen and oxygen atoms in total. The molecule has 0 saturated carbocycles. The van der Waals surface area contributed by atoms with Crippen LogP contribution in [0, 0.1) is 0 Å². The monoisotopic (exact) mass is 469 g/mol. The molecule has 0 aliphatic carbocycles. The molecule has 1 unspecified atom stereocenters. The molecular formula is C20H16BrN5O2S. The zero-order chi connectivity index (χ0) is 20.4. The number of carbonyl (C=O) groups is 1. The summed E-state index contributed by atoms with van der Waals surface area (Å²) in [4.78, 5) is 17.4. The number of methoxy groups -OCH3 is 1. The molecule has 0 fully saturated rings. The Balaban J connectivity index is 1.55. The first-order valence-electron chi connectivity index (χ1n) is 8.71. The number of nitrogens with zero attached hydrogens (tertiary/aromatic N) is 5. The molecule has 3 aromatic rings. The molecule has 2 heterocycles. The minimum atomic E-state index is -0.778. The first-order valence-corrected chi connectivity index (χ1v) is 10.4. The number of benzene rings is 2. The molecule has 146 valence electrons. The number of carbonyl (C=O) groups excluding carboxylic acids is 1. The molecule has 0 spiro atoms. The molecule has 0 saturated heterocycles. The maximum absolute atomic E-state index is 12.9. The van der Waals surface area contributed by atoms with Crippen molar-refractivity contribution in [1.82, 2.24) is 4.98 Å². The van der Waals surface area contributed by atoms with E-state index >= 15 is 0 Å². The number of rotatable bonds is 5. The number of hydrogen-bond donors (Lipinski definition) is 0. The number of ether oxygens (including phenoxy) is 1. The van der Waals surface area contributed by atoms with Crippen molar-refractivity contribution in [2.24, 2.45) is 15.3 Å². The normalized spacial score (nSPS) is 16.5. The van der Waals surface area contributed by atoms with E-state index in [0.717, 1.165) is 15.7 Å². The molecule has 0 radical (unpaired) electrons. The highest BCUT2D eigenvalue weighted by molar-refractivity contribution is 9.10. The number of para-hydroxylation sites is 1. The summed E-state index contributed by atoms with van der Waals surface area (Å²) in [5.74, 6) is 0.310. The third-order valence-corrected chi connectivity index (χ3v) is 5.62. The highest BCUT2D eigenvalue weighted by Gasteiger charge is 2.36. The summed E-state index contributed by atoms with van der Waals surface area (Å²) in [5, 5.41) is 16.5. The molecule has 29 heavy (non-hydrogen) atoms. The van der Waals surface area contributed by atoms with E-state index in [0.29, 0.717) is 22.3 Å². The molecule has 1 amide bonds. The van der Waals surface area contributed by atoms with E-state index < -0.39 is 6.04 Å². The van der Waals surface area contributed by atoms with Gasteiger partial charge in [-0.2, -0.15) is 20.3 Å². The van der Waals surface area contributed by atoms with Crippen LogP contribution in [-0.4, -0.2) is 29.8 Å². The van der Waals surface area contributed by atoms with E-state index in [4.69, 9.17) is 4.74 Å². The average Bonchev–Trinajstić information content (AvgIpc) is 3.32. The number of anilines is 1. The zero-order valence-corrected chi connectivity index (χ0v) is 18.0. The Hall–Kier alpha value is -2.91. The van der Waals surface area contributed by atoms with Gasteiger partial charge in [-0.15, -0.1) is 11.3 Å². The molecule has 1 atom stereocenters. The smallest absolute Gasteiger partial charge is 0.282 e. The van der Waals surface area contributed by atoms with Gasteiger partial charge in [0.2, 0.25) is 5.13 Å². The standard InChI is InChI=1S/C20H16BrN5O2S/c1-12-18(24-23-15-5-3-4-6-17(15)28-2)19(27)26(25-12)20-22-16(11-29-20)13-7-9-14(21)10-8-13/h3-11,18H,1-2H3. The van der Waals surface area contributed by atoms with Crippen LogP contribution in [0.4, 0.5) is 10.8 Å². The SMILES string of the molecule is COc1ccccc1N=NC1C(=O)N(c2nc(-c3ccc(Br)cc3)cs2)N=C1C. The number of aromatic nitrogens is 1. The fourth-order valence-electron chi connectivity index (χ4n) is 2.77. The zero-order valence-electron chi connectivity index (χ0n) is 15.6. The van der Waals surface area contributed by atoms with E-state index in [1.807, 2.05) is 41.8 Å². The summed E-state index contributed by atoms with van der Waals surface area (Å²) in [6.45, 7) is 1.76. The van der Waals surface area contributed by atoms with E-state index in [2.05, 4.69) is 36.2 Å². The molecule has 1 aromatic heterocycles. The summed E-state index contributed by atoms with van der Waals surface area (Å²) in [5.41, 5.74) is 2.88. The first kappa shape index (κ1) is 19.4. The van der Waals surface area contributed by atoms with Gasteiger partial charge in [0, 0.05) is 15.4 Å². The lowest BCUT2D eigenvalue weighted by Crippen LogP contribution is -2.29. The second-order valence-corrected chi connectivity index (χ2v) is 7.96. The van der Waals surface area contributed by atoms with Crippen LogP contribution in [0.25, 0.3) is 11.3 Å². The van der Waals surface area contributed by atoms with Crippen LogP contribution in [-0.2, 0) is 4.79 Å². The largest absolute Gasteiger partial charge is 0.494 e. The van der Waals surface area contributed by atoms with Crippen LogP contribution >= 0.6 is 27.3 Å². The van der Waals surface area contributed by atoms with Gasteiger partial charge >= 0.3 is 0 Å². The summed E-state index contributed by atoms with van der Waals surface area (Å²) in [7, 11) is 1.56. The maximum atomic E-state index is 12.9. The highest BCUT2D eigenvalue weighted by Crippen LogP contribution is 2.32. The Morgan fingerprint density at radius 2 is 1.93 bits per heavy atom. The number of azo groups is 1. The van der Waals surface area contributed by atoms with Gasteiger partial charge in [-0.1, -0.05) is 40.2 Å². The van der Waals surface area contributed by atoms with Gasteiger partial charge in [-0.05, 0) is 31.2 Å². The molecule has 1 aliphatic rings. The molecule has 9 heteroatoms. The van der Waals surface area contributed by atoms with Crippen LogP contribution in [0.3, 0.4) is 0 Å². The predicted molar refractivity (Wildman–Crippen MR) is 117 cm³/mol. The van der Waals surface area contributed by atoms with E-state index in [1.165, 1.54) is 16.3 Å². The van der Waals surface area contributed by atoms with E-state index in [9.17, 15) is 4.79 Å². The Kier molecular flexibility index (Phi) is 5.50. The van der Waals surface area contributed by atoms with Gasteiger partial charge in [-0.3, -0.25) is 4.79 Å². The van der Waals surface area contributed by atoms with Crippen molar-refractivity contribution in [3.8, 4) is 17.0 Å². The van der Waals surface area contributed by atoms with Crippen LogP contribution in [0.5, 0.6) is 5.75 Å². The highest BCUT2D eigenvalue weighted by atomic mass is 79.9. The number of thiazole rings is 1. The quantitative estimate of drug-likeness (QED) is 0.465. The van der Waals surface area contributed by atoms with Crippen LogP contribution in [0.2, 0.25) is 0 Å². The second kappa shape index (κ2) is 8.22. The molecule has 2 aromatic carbocycles. The number of halogens is 1. The van der Waals surface area contributed by atoms with Crippen molar-refractivity contribution >= 4 is 49.7 Å². The summed E-state index contributed by atoms with van der Waals surface area (Å²) < 4.78 is 6.26. The first-order chi connectivity index (χ1) is 14.1. The third kappa shape index (κ3) is 3.96. The fraction of sp³-hybridized carbons (Fsp3) is 0.150. The third-order valence-electron chi connectivity index (χ3n) is 4.28. The summed E-state index contributed by atoms with van der Waals surface area (Å²) in [6.07, 6.45) is 0. The topological polar surface area (TPSA) is 79.5 Å². The molecular weight excluding hydrogens is 454 g/mol. The van der Waals surface area contributed by atoms with Crippen LogP contribution in [0.15, 0.2) is 73.7 Å². The van der Waals surface area contributed by atoms with Crippen molar-refractivity contribution in [1.29, 1.82) is 0 Å². The Morgan fingerprint density at radius 1 is 1.17 bits per heavy atom. The van der Waals surface area contributed by atoms with Crippen LogP contribution < -0.4 is 9.75 Å². The Labute approximate surface area is 179 Å². The van der Waals surface area contributed by atoms with Gasteiger partial charge in [0.15, 0.2) is 6.04 Å². The van der Waals surface area contributed by atoms with Gasteiger partial charge in [0.05, 0.1) is 18.5 Å². The van der Waals surface area contributed by atoms with Crippen molar-refractivity contribution in [3.05, 3.63) is 58.4 Å². The minimum absolute atomic E-state index is 0.280. The van der Waals surface area contributed by atoms with E-state index in [1.54, 1.807) is 26.2 Å². The predicted octanol–water partition coefficient (Wildman–Crippen LogP) is 5.46. The maximum Gasteiger partial charge on any atom is 0.282 e. The lowest BCUT2D eigenvalue weighted by Gasteiger charge is -2.08. The van der Waals surface area contributed by atoms with E-state index in [-0.39, 0.29) is 5.91 Å². The van der Waals surface area contributed by atoms with Crippen molar-refractivity contribution in [3.63, 3.8) is 0 Å². The molecule has 4 rings (SSSR count). The van der Waals surface area contributed by atoms with Crippen LogP contribution in [0.1, 0.15) is 6.92 Å². The number of hydrazone groups is 1.